The molecule has 0 heterocycles. The first kappa shape index (κ1) is 10.5. The Bertz CT molecular complexity index is 115. The first-order chi connectivity index (χ1) is 5.31. The highest BCUT2D eigenvalue weighted by atomic mass is 15.1. The Kier molecular flexibility index (Phi) is 7.23. The highest BCUT2D eigenvalue weighted by molar-refractivity contribution is 4.83. The van der Waals surface area contributed by atoms with Crippen molar-refractivity contribution in [2.45, 2.75) is 12.8 Å². The highest BCUT2D eigenvalue weighted by Crippen LogP contribution is 1.89. The maximum Gasteiger partial charge on any atom is 0.0104 e. The third kappa shape index (κ3) is 7.38. The standard InChI is InChI=1S/C9H18N2/c1-4-5-6-8-11(3)9-7-10-2/h1,10H,5-9H2,2-3H3. The lowest BCUT2D eigenvalue weighted by atomic mass is 10.3. The van der Waals surface area contributed by atoms with Crippen LogP contribution in [0.3, 0.4) is 0 Å². The number of unbranched alkanes of at least 4 members (excludes halogenated alkanes) is 1. The normalized spacial score (nSPS) is 10.0. The third-order valence-electron chi connectivity index (χ3n) is 1.60. The van der Waals surface area contributed by atoms with Gasteiger partial charge in [0.15, 0.2) is 0 Å². The Labute approximate surface area is 70.0 Å². The Morgan fingerprint density at radius 2 is 2.18 bits per heavy atom. The van der Waals surface area contributed by atoms with E-state index < -0.39 is 0 Å². The van der Waals surface area contributed by atoms with Gasteiger partial charge in [-0.15, -0.1) is 12.3 Å². The van der Waals surface area contributed by atoms with Gasteiger partial charge in [-0.2, -0.15) is 0 Å². The SMILES string of the molecule is C#CCCCN(C)CCNC. The summed E-state index contributed by atoms with van der Waals surface area (Å²) in [4.78, 5) is 2.29. The van der Waals surface area contributed by atoms with Crippen molar-refractivity contribution in [2.24, 2.45) is 0 Å². The van der Waals surface area contributed by atoms with Crippen molar-refractivity contribution in [3.63, 3.8) is 0 Å². The summed E-state index contributed by atoms with van der Waals surface area (Å²) in [5.41, 5.74) is 0. The van der Waals surface area contributed by atoms with Crippen molar-refractivity contribution in [1.29, 1.82) is 0 Å². The fraction of sp³-hybridized carbons (Fsp3) is 0.778. The van der Waals surface area contributed by atoms with Crippen LogP contribution in [-0.2, 0) is 0 Å². The van der Waals surface area contributed by atoms with Crippen molar-refractivity contribution in [2.75, 3.05) is 33.7 Å². The maximum atomic E-state index is 5.13. The molecule has 0 amide bonds. The number of hydrogen-bond acceptors (Lipinski definition) is 2. The van der Waals surface area contributed by atoms with Gasteiger partial charge in [0.25, 0.3) is 0 Å². The Hall–Kier alpha value is -0.520. The van der Waals surface area contributed by atoms with Gasteiger partial charge >= 0.3 is 0 Å². The molecule has 2 heteroatoms. The average molecular weight is 154 g/mol. The lowest BCUT2D eigenvalue weighted by Crippen LogP contribution is -2.28. The van der Waals surface area contributed by atoms with E-state index in [1.165, 1.54) is 0 Å². The lowest BCUT2D eigenvalue weighted by Gasteiger charge is -2.14. The molecule has 11 heavy (non-hydrogen) atoms. The Morgan fingerprint density at radius 1 is 1.45 bits per heavy atom. The molecule has 0 aromatic heterocycles. The second-order valence-corrected chi connectivity index (χ2v) is 2.71. The summed E-state index contributed by atoms with van der Waals surface area (Å²) in [7, 11) is 4.09. The van der Waals surface area contributed by atoms with Crippen LogP contribution in [0.2, 0.25) is 0 Å². The van der Waals surface area contributed by atoms with E-state index in [0.29, 0.717) is 0 Å². The molecule has 1 N–H and O–H groups in total. The summed E-state index contributed by atoms with van der Waals surface area (Å²) >= 11 is 0. The predicted octanol–water partition coefficient (Wildman–Crippen LogP) is 0.551. The van der Waals surface area contributed by atoms with Crippen LogP contribution in [0.25, 0.3) is 0 Å². The molecule has 0 saturated heterocycles. The van der Waals surface area contributed by atoms with Gasteiger partial charge in [-0.3, -0.25) is 0 Å². The maximum absolute atomic E-state index is 5.13. The molecule has 0 bridgehead atoms. The van der Waals surface area contributed by atoms with Crippen molar-refractivity contribution >= 4 is 0 Å². The molecule has 0 aromatic rings. The summed E-state index contributed by atoms with van der Waals surface area (Å²) in [6.45, 7) is 3.25. The predicted molar refractivity (Wildman–Crippen MR) is 49.5 cm³/mol. The second kappa shape index (κ2) is 7.59. The van der Waals surface area contributed by atoms with Crippen LogP contribution < -0.4 is 5.32 Å². The summed E-state index contributed by atoms with van der Waals surface area (Å²) < 4.78 is 0. The first-order valence-corrected chi connectivity index (χ1v) is 4.08. The zero-order valence-electron chi connectivity index (χ0n) is 7.56. The molecule has 0 fully saturated rings. The fourth-order valence-corrected chi connectivity index (χ4v) is 0.866. The van der Waals surface area contributed by atoms with E-state index in [0.717, 1.165) is 32.5 Å². The summed E-state index contributed by atoms with van der Waals surface area (Å²) in [6, 6.07) is 0. The van der Waals surface area contributed by atoms with Gasteiger partial charge in [0, 0.05) is 19.5 Å². The average Bonchev–Trinajstić information content (AvgIpc) is 2.01. The van der Waals surface area contributed by atoms with Gasteiger partial charge < -0.3 is 10.2 Å². The van der Waals surface area contributed by atoms with E-state index in [2.05, 4.69) is 23.2 Å². The molecule has 64 valence electrons. The highest BCUT2D eigenvalue weighted by Gasteiger charge is 1.94. The summed E-state index contributed by atoms with van der Waals surface area (Å²) in [5.74, 6) is 2.64. The molecule has 0 rings (SSSR count). The van der Waals surface area contributed by atoms with Crippen LogP contribution in [0.1, 0.15) is 12.8 Å². The second-order valence-electron chi connectivity index (χ2n) is 2.71. The van der Waals surface area contributed by atoms with E-state index in [4.69, 9.17) is 6.42 Å². The smallest absolute Gasteiger partial charge is 0.0104 e. The van der Waals surface area contributed by atoms with Crippen molar-refractivity contribution in [3.05, 3.63) is 0 Å². The van der Waals surface area contributed by atoms with Crippen LogP contribution in [0.5, 0.6) is 0 Å². The van der Waals surface area contributed by atoms with Crippen molar-refractivity contribution < 1.29 is 0 Å². The quantitative estimate of drug-likeness (QED) is 0.444. The van der Waals surface area contributed by atoms with Crippen LogP contribution in [0.15, 0.2) is 0 Å². The number of nitrogens with zero attached hydrogens (tertiary/aromatic N) is 1. The molecule has 0 aliphatic heterocycles. The minimum Gasteiger partial charge on any atom is -0.318 e. The molecule has 0 atom stereocenters. The number of rotatable bonds is 6. The van der Waals surface area contributed by atoms with E-state index in [9.17, 15) is 0 Å². The minimum atomic E-state index is 0.893. The lowest BCUT2D eigenvalue weighted by molar-refractivity contribution is 0.332. The minimum absolute atomic E-state index is 0.893. The largest absolute Gasteiger partial charge is 0.318 e. The van der Waals surface area contributed by atoms with Crippen LogP contribution in [-0.4, -0.2) is 38.6 Å². The molecule has 0 unspecified atom stereocenters. The Balaban J connectivity index is 3.10. The zero-order chi connectivity index (χ0) is 8.53. The molecule has 0 aromatic carbocycles. The molecule has 0 aliphatic rings. The van der Waals surface area contributed by atoms with Gasteiger partial charge in [0.05, 0.1) is 0 Å². The van der Waals surface area contributed by atoms with Crippen LogP contribution >= 0.6 is 0 Å². The molecule has 0 saturated carbocycles. The van der Waals surface area contributed by atoms with Crippen molar-refractivity contribution in [1.82, 2.24) is 10.2 Å². The van der Waals surface area contributed by atoms with Crippen molar-refractivity contribution in [3.8, 4) is 12.3 Å². The Morgan fingerprint density at radius 3 is 2.73 bits per heavy atom. The molecule has 0 aliphatic carbocycles. The molecular formula is C9H18N2. The number of likely N-dealkylation sites (N-methyl/N-ethyl adjacent to an activating group) is 2. The van der Waals surface area contributed by atoms with Gasteiger partial charge in [-0.05, 0) is 27.1 Å². The van der Waals surface area contributed by atoms with E-state index in [1.54, 1.807) is 0 Å². The number of hydrogen-bond donors (Lipinski definition) is 1. The van der Waals surface area contributed by atoms with Gasteiger partial charge in [-0.1, -0.05) is 0 Å². The van der Waals surface area contributed by atoms with Gasteiger partial charge in [0.2, 0.25) is 0 Å². The molecule has 0 radical (unpaired) electrons. The number of terminal acetylenes is 1. The zero-order valence-corrected chi connectivity index (χ0v) is 7.56. The summed E-state index contributed by atoms with van der Waals surface area (Å²) in [5, 5.41) is 3.11. The van der Waals surface area contributed by atoms with E-state index in [1.807, 2.05) is 7.05 Å². The first-order valence-electron chi connectivity index (χ1n) is 4.08. The molecular weight excluding hydrogens is 136 g/mol. The van der Waals surface area contributed by atoms with E-state index >= 15 is 0 Å². The van der Waals surface area contributed by atoms with Crippen LogP contribution in [0, 0.1) is 12.3 Å². The van der Waals surface area contributed by atoms with Gasteiger partial charge in [0.1, 0.15) is 0 Å². The number of nitrogens with one attached hydrogen (secondary N) is 1. The monoisotopic (exact) mass is 154 g/mol. The fourth-order valence-electron chi connectivity index (χ4n) is 0.866. The van der Waals surface area contributed by atoms with Gasteiger partial charge in [-0.25, -0.2) is 0 Å². The van der Waals surface area contributed by atoms with Crippen LogP contribution in [0.4, 0.5) is 0 Å². The topological polar surface area (TPSA) is 15.3 Å². The third-order valence-corrected chi connectivity index (χ3v) is 1.60. The summed E-state index contributed by atoms with van der Waals surface area (Å²) in [6.07, 6.45) is 7.13. The molecule has 0 spiro atoms. The molecule has 2 nitrogen and oxygen atoms in total. The van der Waals surface area contributed by atoms with E-state index in [-0.39, 0.29) is 0 Å².